The summed E-state index contributed by atoms with van der Waals surface area (Å²) in [6.07, 6.45) is 2.61. The number of rotatable bonds is 5. The number of imidazole rings is 1. The van der Waals surface area contributed by atoms with Gasteiger partial charge in [0, 0.05) is 24.2 Å². The lowest BCUT2D eigenvalue weighted by molar-refractivity contribution is 0.552. The SMILES string of the molecule is CCNc1nc2sccn2c1S(=O)(=O)NC1CC1(C)C. The number of sulfonamides is 1. The topological polar surface area (TPSA) is 75.5 Å². The summed E-state index contributed by atoms with van der Waals surface area (Å²) in [4.78, 5) is 5.02. The zero-order valence-corrected chi connectivity index (χ0v) is 13.3. The van der Waals surface area contributed by atoms with Crippen molar-refractivity contribution in [2.24, 2.45) is 5.41 Å². The standard InChI is InChI=1S/C12H18N4O2S2/c1-4-13-9-10(16-5-6-19-11(16)14-9)20(17,18)15-8-7-12(8,2)3/h5-6,8,13,15H,4,7H2,1-3H3. The molecule has 0 spiro atoms. The largest absolute Gasteiger partial charge is 0.368 e. The number of hydrogen-bond donors (Lipinski definition) is 2. The number of nitrogens with zero attached hydrogens (tertiary/aromatic N) is 2. The Labute approximate surface area is 122 Å². The number of hydrogen-bond acceptors (Lipinski definition) is 5. The summed E-state index contributed by atoms with van der Waals surface area (Å²) in [5, 5.41) is 5.07. The summed E-state index contributed by atoms with van der Waals surface area (Å²) >= 11 is 1.42. The van der Waals surface area contributed by atoms with Gasteiger partial charge in [0.25, 0.3) is 10.0 Å². The Morgan fingerprint density at radius 1 is 1.55 bits per heavy atom. The van der Waals surface area contributed by atoms with E-state index in [2.05, 4.69) is 28.9 Å². The van der Waals surface area contributed by atoms with Crippen LogP contribution in [0.1, 0.15) is 27.2 Å². The molecule has 1 atom stereocenters. The molecule has 0 amide bonds. The van der Waals surface area contributed by atoms with E-state index in [9.17, 15) is 8.42 Å². The van der Waals surface area contributed by atoms with E-state index >= 15 is 0 Å². The normalized spacial score (nSPS) is 21.2. The average molecular weight is 314 g/mol. The molecule has 1 aliphatic carbocycles. The molecule has 20 heavy (non-hydrogen) atoms. The van der Waals surface area contributed by atoms with Crippen molar-refractivity contribution in [3.63, 3.8) is 0 Å². The van der Waals surface area contributed by atoms with Crippen molar-refractivity contribution in [1.29, 1.82) is 0 Å². The average Bonchev–Trinajstić information content (AvgIpc) is 2.70. The molecule has 1 fully saturated rings. The van der Waals surface area contributed by atoms with Crippen molar-refractivity contribution in [3.05, 3.63) is 11.6 Å². The van der Waals surface area contributed by atoms with Gasteiger partial charge in [-0.1, -0.05) is 13.8 Å². The van der Waals surface area contributed by atoms with Crippen LogP contribution in [0.25, 0.3) is 4.96 Å². The maximum absolute atomic E-state index is 12.6. The molecule has 0 aliphatic heterocycles. The lowest BCUT2D eigenvalue weighted by Crippen LogP contribution is -2.30. The first kappa shape index (κ1) is 13.8. The number of fused-ring (bicyclic) bond motifs is 1. The highest BCUT2D eigenvalue weighted by Gasteiger charge is 2.48. The van der Waals surface area contributed by atoms with Crippen LogP contribution >= 0.6 is 11.3 Å². The highest BCUT2D eigenvalue weighted by Crippen LogP contribution is 2.45. The second-order valence-corrected chi connectivity index (χ2v) is 8.22. The first-order valence-corrected chi connectivity index (χ1v) is 8.93. The van der Waals surface area contributed by atoms with Crippen molar-refractivity contribution >= 4 is 32.1 Å². The molecule has 6 nitrogen and oxygen atoms in total. The molecule has 2 heterocycles. The lowest BCUT2D eigenvalue weighted by atomic mass is 10.2. The maximum Gasteiger partial charge on any atom is 0.260 e. The van der Waals surface area contributed by atoms with Crippen LogP contribution in [0.3, 0.4) is 0 Å². The van der Waals surface area contributed by atoms with E-state index in [1.54, 1.807) is 10.6 Å². The lowest BCUT2D eigenvalue weighted by Gasteiger charge is -2.09. The molecule has 0 saturated heterocycles. The van der Waals surface area contributed by atoms with Crippen LogP contribution in [0, 0.1) is 5.41 Å². The Hall–Kier alpha value is -1.12. The van der Waals surface area contributed by atoms with Gasteiger partial charge >= 0.3 is 0 Å². The van der Waals surface area contributed by atoms with Crippen LogP contribution in [0.2, 0.25) is 0 Å². The summed E-state index contributed by atoms with van der Waals surface area (Å²) in [5.41, 5.74) is 0.0455. The molecule has 1 saturated carbocycles. The molecule has 2 N–H and O–H groups in total. The van der Waals surface area contributed by atoms with Crippen LogP contribution in [0.4, 0.5) is 5.82 Å². The number of nitrogens with one attached hydrogen (secondary N) is 2. The van der Waals surface area contributed by atoms with Gasteiger partial charge in [-0.2, -0.15) is 0 Å². The third kappa shape index (κ3) is 2.21. The summed E-state index contributed by atoms with van der Waals surface area (Å²) < 4.78 is 29.7. The zero-order valence-electron chi connectivity index (χ0n) is 11.7. The van der Waals surface area contributed by atoms with Gasteiger partial charge in [-0.15, -0.1) is 11.3 Å². The fourth-order valence-electron chi connectivity index (χ4n) is 2.22. The highest BCUT2D eigenvalue weighted by atomic mass is 32.2. The van der Waals surface area contributed by atoms with E-state index in [-0.39, 0.29) is 16.5 Å². The van der Waals surface area contributed by atoms with E-state index < -0.39 is 10.0 Å². The minimum Gasteiger partial charge on any atom is -0.368 e. The van der Waals surface area contributed by atoms with Gasteiger partial charge in [-0.25, -0.2) is 18.1 Å². The van der Waals surface area contributed by atoms with Crippen molar-refractivity contribution < 1.29 is 8.42 Å². The first-order valence-electron chi connectivity index (χ1n) is 6.57. The van der Waals surface area contributed by atoms with E-state index in [0.717, 1.165) is 6.42 Å². The summed E-state index contributed by atoms with van der Waals surface area (Å²) in [6, 6.07) is 0.00571. The van der Waals surface area contributed by atoms with Crippen LogP contribution in [-0.4, -0.2) is 30.4 Å². The van der Waals surface area contributed by atoms with Crippen molar-refractivity contribution in [2.45, 2.75) is 38.3 Å². The molecule has 3 rings (SSSR count). The van der Waals surface area contributed by atoms with Crippen LogP contribution in [-0.2, 0) is 10.0 Å². The number of aromatic nitrogens is 2. The summed E-state index contributed by atoms with van der Waals surface area (Å²) in [7, 11) is -3.58. The predicted octanol–water partition coefficient (Wildman–Crippen LogP) is 1.90. The molecular formula is C12H18N4O2S2. The van der Waals surface area contributed by atoms with E-state index in [0.29, 0.717) is 17.3 Å². The molecule has 110 valence electrons. The molecule has 0 aromatic carbocycles. The number of thiazole rings is 1. The second-order valence-electron chi connectivity index (χ2n) is 5.72. The van der Waals surface area contributed by atoms with Crippen molar-refractivity contribution in [1.82, 2.24) is 14.1 Å². The highest BCUT2D eigenvalue weighted by molar-refractivity contribution is 7.89. The Morgan fingerprint density at radius 3 is 2.85 bits per heavy atom. The third-order valence-corrected chi connectivity index (χ3v) is 5.88. The quantitative estimate of drug-likeness (QED) is 0.884. The number of anilines is 1. The van der Waals surface area contributed by atoms with Gasteiger partial charge < -0.3 is 5.32 Å². The van der Waals surface area contributed by atoms with E-state index in [1.165, 1.54) is 11.3 Å². The predicted molar refractivity (Wildman–Crippen MR) is 79.7 cm³/mol. The van der Waals surface area contributed by atoms with Crippen LogP contribution in [0.5, 0.6) is 0 Å². The van der Waals surface area contributed by atoms with Gasteiger partial charge in [0.15, 0.2) is 15.8 Å². The Balaban J connectivity index is 2.03. The fraction of sp³-hybridized carbons (Fsp3) is 0.583. The minimum absolute atomic E-state index is 0.00571. The molecule has 2 aromatic rings. The van der Waals surface area contributed by atoms with Gasteiger partial charge in [0.1, 0.15) is 0 Å². The molecule has 1 aliphatic rings. The van der Waals surface area contributed by atoms with Gasteiger partial charge in [0.2, 0.25) is 0 Å². The second kappa shape index (κ2) is 4.44. The summed E-state index contributed by atoms with van der Waals surface area (Å²) in [6.45, 7) is 6.66. The maximum atomic E-state index is 12.6. The van der Waals surface area contributed by atoms with Gasteiger partial charge in [-0.3, -0.25) is 4.40 Å². The van der Waals surface area contributed by atoms with E-state index in [1.807, 2.05) is 12.3 Å². The Kier molecular flexibility index (Phi) is 3.07. The molecule has 1 unspecified atom stereocenters. The molecule has 0 bridgehead atoms. The van der Waals surface area contributed by atoms with Crippen LogP contribution in [0.15, 0.2) is 16.6 Å². The Morgan fingerprint density at radius 2 is 2.25 bits per heavy atom. The van der Waals surface area contributed by atoms with Crippen molar-refractivity contribution in [2.75, 3.05) is 11.9 Å². The van der Waals surface area contributed by atoms with E-state index in [4.69, 9.17) is 0 Å². The van der Waals surface area contributed by atoms with Gasteiger partial charge in [-0.05, 0) is 18.8 Å². The molecular weight excluding hydrogens is 296 g/mol. The Bertz CT molecular complexity index is 745. The molecule has 8 heteroatoms. The minimum atomic E-state index is -3.58. The summed E-state index contributed by atoms with van der Waals surface area (Å²) in [5.74, 6) is 0.422. The first-order chi connectivity index (χ1) is 9.35. The monoisotopic (exact) mass is 314 g/mol. The zero-order chi connectivity index (χ0) is 14.5. The van der Waals surface area contributed by atoms with Crippen LogP contribution < -0.4 is 10.0 Å². The molecule has 2 aromatic heterocycles. The fourth-order valence-corrected chi connectivity index (χ4v) is 4.65. The molecule has 0 radical (unpaired) electrons. The van der Waals surface area contributed by atoms with Crippen molar-refractivity contribution in [3.8, 4) is 0 Å². The van der Waals surface area contributed by atoms with Gasteiger partial charge in [0.05, 0.1) is 0 Å². The smallest absolute Gasteiger partial charge is 0.260 e. The third-order valence-electron chi connectivity index (χ3n) is 3.63.